The lowest BCUT2D eigenvalue weighted by Crippen LogP contribution is -2.29. The normalized spacial score (nSPS) is 13.6. The molecule has 0 spiro atoms. The summed E-state index contributed by atoms with van der Waals surface area (Å²) in [7, 11) is 1.48. The van der Waals surface area contributed by atoms with Crippen molar-refractivity contribution in [1.82, 2.24) is 0 Å². The minimum absolute atomic E-state index is 0.336. The predicted molar refractivity (Wildman–Crippen MR) is 75.0 cm³/mol. The molecule has 1 heterocycles. The fraction of sp³-hybridized carbons (Fsp3) is 0.0667. The summed E-state index contributed by atoms with van der Waals surface area (Å²) in [4.78, 5) is 25.8. The van der Waals surface area contributed by atoms with Crippen molar-refractivity contribution in [1.29, 1.82) is 0 Å². The molecule has 100 valence electrons. The fourth-order valence-electron chi connectivity index (χ4n) is 2.26. The molecule has 0 unspecified atom stereocenters. The molecule has 0 saturated heterocycles. The molecule has 20 heavy (non-hydrogen) atoms. The second-order valence-electron chi connectivity index (χ2n) is 4.42. The number of hydrogen-bond donors (Lipinski definition) is 1. The lowest BCUT2D eigenvalue weighted by atomic mass is 10.1. The Hall–Kier alpha value is -2.82. The van der Waals surface area contributed by atoms with Gasteiger partial charge in [-0.3, -0.25) is 9.59 Å². The van der Waals surface area contributed by atoms with Gasteiger partial charge in [0.15, 0.2) is 0 Å². The molecule has 0 fully saturated rings. The molecule has 2 aromatic carbocycles. The van der Waals surface area contributed by atoms with Crippen LogP contribution in [0, 0.1) is 0 Å². The first-order valence-corrected chi connectivity index (χ1v) is 6.05. The number of imide groups is 1. The molecule has 2 N–H and O–H groups in total. The fourth-order valence-corrected chi connectivity index (χ4v) is 2.26. The molecule has 1 aliphatic heterocycles. The van der Waals surface area contributed by atoms with E-state index in [-0.39, 0.29) is 11.8 Å². The number of nitrogen functional groups attached to an aromatic ring is 1. The first-order chi connectivity index (χ1) is 9.63. The van der Waals surface area contributed by atoms with Crippen LogP contribution in [0.15, 0.2) is 42.5 Å². The summed E-state index contributed by atoms with van der Waals surface area (Å²) >= 11 is 0. The summed E-state index contributed by atoms with van der Waals surface area (Å²) in [5.41, 5.74) is 7.46. The highest BCUT2D eigenvalue weighted by Gasteiger charge is 2.36. The zero-order chi connectivity index (χ0) is 14.3. The molecule has 0 atom stereocenters. The quantitative estimate of drug-likeness (QED) is 0.668. The summed E-state index contributed by atoms with van der Waals surface area (Å²) in [6, 6.07) is 11.6. The van der Waals surface area contributed by atoms with Gasteiger partial charge in [-0.15, -0.1) is 0 Å². The smallest absolute Gasteiger partial charge is 0.266 e. The maximum Gasteiger partial charge on any atom is 0.266 e. The molecule has 2 aromatic rings. The molecule has 0 aromatic heterocycles. The Balaban J connectivity index is 2.09. The van der Waals surface area contributed by atoms with Gasteiger partial charge in [-0.1, -0.05) is 12.1 Å². The molecule has 0 aliphatic carbocycles. The van der Waals surface area contributed by atoms with E-state index in [1.165, 1.54) is 7.11 Å². The number of fused-ring (bicyclic) bond motifs is 1. The number of nitrogens with two attached hydrogens (primary N) is 1. The molecule has 0 radical (unpaired) electrons. The van der Waals surface area contributed by atoms with Crippen molar-refractivity contribution in [3.05, 3.63) is 53.6 Å². The van der Waals surface area contributed by atoms with E-state index in [2.05, 4.69) is 0 Å². The average Bonchev–Trinajstić information content (AvgIpc) is 2.72. The van der Waals surface area contributed by atoms with Gasteiger partial charge < -0.3 is 10.5 Å². The first kappa shape index (κ1) is 12.2. The molecule has 0 bridgehead atoms. The largest absolute Gasteiger partial charge is 0.495 e. The Kier molecular flexibility index (Phi) is 2.68. The molecule has 1 aliphatic rings. The van der Waals surface area contributed by atoms with Gasteiger partial charge in [0.2, 0.25) is 0 Å². The van der Waals surface area contributed by atoms with Gasteiger partial charge in [0.1, 0.15) is 5.75 Å². The summed E-state index contributed by atoms with van der Waals surface area (Å²) in [5.74, 6) is -0.242. The lowest BCUT2D eigenvalue weighted by molar-refractivity contribution is 0.0926. The maximum absolute atomic E-state index is 12.3. The second-order valence-corrected chi connectivity index (χ2v) is 4.42. The van der Waals surface area contributed by atoms with E-state index in [1.54, 1.807) is 42.5 Å². The van der Waals surface area contributed by atoms with Crippen LogP contribution in [0.2, 0.25) is 0 Å². The highest BCUT2D eigenvalue weighted by Crippen LogP contribution is 2.32. The van der Waals surface area contributed by atoms with E-state index in [1.807, 2.05) is 0 Å². The third-order valence-corrected chi connectivity index (χ3v) is 3.27. The maximum atomic E-state index is 12.3. The van der Waals surface area contributed by atoms with Crippen LogP contribution in [0.25, 0.3) is 0 Å². The average molecular weight is 268 g/mol. The zero-order valence-electron chi connectivity index (χ0n) is 10.8. The van der Waals surface area contributed by atoms with Gasteiger partial charge in [-0.05, 0) is 24.3 Å². The van der Waals surface area contributed by atoms with Gasteiger partial charge in [0.25, 0.3) is 11.8 Å². The number of anilines is 2. The minimum atomic E-state index is -0.336. The topological polar surface area (TPSA) is 72.6 Å². The Morgan fingerprint density at radius 3 is 2.15 bits per heavy atom. The first-order valence-electron chi connectivity index (χ1n) is 6.05. The highest BCUT2D eigenvalue weighted by molar-refractivity contribution is 6.34. The van der Waals surface area contributed by atoms with Gasteiger partial charge in [0.05, 0.1) is 29.6 Å². The molecule has 0 saturated carbocycles. The molecule has 5 heteroatoms. The van der Waals surface area contributed by atoms with Gasteiger partial charge in [-0.25, -0.2) is 4.90 Å². The molecule has 3 rings (SSSR count). The van der Waals surface area contributed by atoms with E-state index < -0.39 is 0 Å². The van der Waals surface area contributed by atoms with Crippen LogP contribution in [-0.4, -0.2) is 18.9 Å². The number of amides is 2. The summed E-state index contributed by atoms with van der Waals surface area (Å²) in [5, 5.41) is 0. The Morgan fingerprint density at radius 2 is 1.60 bits per heavy atom. The Bertz CT molecular complexity index is 690. The number of ether oxygens (including phenoxy) is 1. The van der Waals surface area contributed by atoms with E-state index in [9.17, 15) is 9.59 Å². The van der Waals surface area contributed by atoms with E-state index in [4.69, 9.17) is 10.5 Å². The van der Waals surface area contributed by atoms with Gasteiger partial charge >= 0.3 is 0 Å². The van der Waals surface area contributed by atoms with Crippen LogP contribution >= 0.6 is 0 Å². The van der Waals surface area contributed by atoms with Crippen LogP contribution < -0.4 is 15.4 Å². The van der Waals surface area contributed by atoms with Gasteiger partial charge in [0, 0.05) is 6.07 Å². The molecule has 2 amide bonds. The summed E-state index contributed by atoms with van der Waals surface area (Å²) < 4.78 is 5.12. The van der Waals surface area contributed by atoms with E-state index >= 15 is 0 Å². The van der Waals surface area contributed by atoms with E-state index in [0.717, 1.165) is 4.90 Å². The SMILES string of the molecule is COc1cc(N2C(=O)c3ccccc3C2=O)ccc1N. The van der Waals surface area contributed by atoms with Crippen molar-refractivity contribution < 1.29 is 14.3 Å². The third-order valence-electron chi connectivity index (χ3n) is 3.27. The minimum Gasteiger partial charge on any atom is -0.495 e. The van der Waals surface area contributed by atoms with Crippen LogP contribution in [0.3, 0.4) is 0 Å². The number of hydrogen-bond acceptors (Lipinski definition) is 4. The number of methoxy groups -OCH3 is 1. The predicted octanol–water partition coefficient (Wildman–Crippen LogP) is 2.08. The Morgan fingerprint density at radius 1 is 1.00 bits per heavy atom. The number of nitrogens with zero attached hydrogens (tertiary/aromatic N) is 1. The van der Waals surface area contributed by atoms with Crippen LogP contribution in [0.4, 0.5) is 11.4 Å². The monoisotopic (exact) mass is 268 g/mol. The van der Waals surface area contributed by atoms with Crippen LogP contribution in [0.1, 0.15) is 20.7 Å². The molecular formula is C15H12N2O3. The number of benzene rings is 2. The number of rotatable bonds is 2. The van der Waals surface area contributed by atoms with Crippen molar-refractivity contribution in [2.45, 2.75) is 0 Å². The van der Waals surface area contributed by atoms with Crippen LogP contribution in [0.5, 0.6) is 5.75 Å². The third kappa shape index (κ3) is 1.64. The summed E-state index contributed by atoms with van der Waals surface area (Å²) in [6.07, 6.45) is 0. The molecule has 5 nitrogen and oxygen atoms in total. The summed E-state index contributed by atoms with van der Waals surface area (Å²) in [6.45, 7) is 0. The van der Waals surface area contributed by atoms with E-state index in [0.29, 0.717) is 28.3 Å². The number of carbonyl (C=O) groups is 2. The lowest BCUT2D eigenvalue weighted by Gasteiger charge is -2.15. The van der Waals surface area contributed by atoms with Crippen molar-refractivity contribution in [3.8, 4) is 5.75 Å². The Labute approximate surface area is 115 Å². The van der Waals surface area contributed by atoms with Gasteiger partial charge in [-0.2, -0.15) is 0 Å². The van der Waals surface area contributed by atoms with Crippen molar-refractivity contribution in [3.63, 3.8) is 0 Å². The molecular weight excluding hydrogens is 256 g/mol. The second kappa shape index (κ2) is 4.38. The van der Waals surface area contributed by atoms with Crippen molar-refractivity contribution in [2.24, 2.45) is 0 Å². The number of carbonyl (C=O) groups excluding carboxylic acids is 2. The van der Waals surface area contributed by atoms with Crippen LogP contribution in [-0.2, 0) is 0 Å². The van der Waals surface area contributed by atoms with Crippen molar-refractivity contribution >= 4 is 23.2 Å². The zero-order valence-corrected chi connectivity index (χ0v) is 10.8. The van der Waals surface area contributed by atoms with Crippen molar-refractivity contribution in [2.75, 3.05) is 17.7 Å². The standard InChI is InChI=1S/C15H12N2O3/c1-20-13-8-9(6-7-12(13)16)17-14(18)10-4-2-3-5-11(10)15(17)19/h2-8H,16H2,1H3. The highest BCUT2D eigenvalue weighted by atomic mass is 16.5.